The predicted octanol–water partition coefficient (Wildman–Crippen LogP) is 3.45. The van der Waals surface area contributed by atoms with Crippen LogP contribution in [0.4, 0.5) is 5.69 Å². The van der Waals surface area contributed by atoms with Crippen molar-refractivity contribution in [3.05, 3.63) is 59.1 Å². The van der Waals surface area contributed by atoms with Gasteiger partial charge in [-0.25, -0.2) is 0 Å². The number of halogens is 1. The highest BCUT2D eigenvalue weighted by atomic mass is 35.5. The van der Waals surface area contributed by atoms with Crippen molar-refractivity contribution in [2.45, 2.75) is 25.8 Å². The minimum atomic E-state index is 0.293. The first-order valence-corrected chi connectivity index (χ1v) is 10.3. The molecule has 0 amide bonds. The molecule has 1 atom stereocenters. The third-order valence-electron chi connectivity index (χ3n) is 4.91. The van der Waals surface area contributed by atoms with E-state index in [1.807, 2.05) is 43.3 Å². The lowest BCUT2D eigenvalue weighted by Crippen LogP contribution is -3.11. The van der Waals surface area contributed by atoms with Crippen LogP contribution >= 0.6 is 23.8 Å². The lowest BCUT2D eigenvalue weighted by molar-refractivity contribution is -0.918. The van der Waals surface area contributed by atoms with E-state index in [1.54, 1.807) is 4.90 Å². The van der Waals surface area contributed by atoms with E-state index in [9.17, 15) is 0 Å². The summed E-state index contributed by atoms with van der Waals surface area (Å²) in [6, 6.07) is 16.2. The minimum Gasteiger partial charge on any atom is -0.494 e. The Bertz CT molecular complexity index is 747. The highest BCUT2D eigenvalue weighted by molar-refractivity contribution is 7.80. The Balaban J connectivity index is 1.61. The molecule has 1 saturated heterocycles. The molecule has 2 aromatic rings. The molecule has 3 rings (SSSR count). The summed E-state index contributed by atoms with van der Waals surface area (Å²) >= 11 is 12.0. The molecule has 0 unspecified atom stereocenters. The molecular weight excluding hydrogens is 378 g/mol. The average molecular weight is 405 g/mol. The van der Waals surface area contributed by atoms with Crippen molar-refractivity contribution in [1.82, 2.24) is 5.32 Å². The van der Waals surface area contributed by atoms with Crippen LogP contribution < -0.4 is 20.3 Å². The van der Waals surface area contributed by atoms with Gasteiger partial charge >= 0.3 is 0 Å². The molecule has 0 aromatic heterocycles. The van der Waals surface area contributed by atoms with Gasteiger partial charge in [-0.2, -0.15) is 0 Å². The van der Waals surface area contributed by atoms with E-state index >= 15 is 0 Å². The number of quaternary nitrogens is 1. The molecule has 0 bridgehead atoms. The largest absolute Gasteiger partial charge is 0.494 e. The summed E-state index contributed by atoms with van der Waals surface area (Å²) in [6.07, 6.45) is 2.54. The monoisotopic (exact) mass is 404 g/mol. The summed E-state index contributed by atoms with van der Waals surface area (Å²) in [5.74, 6) is 0.860. The number of hydrogen-bond acceptors (Lipinski definition) is 2. The van der Waals surface area contributed by atoms with Crippen LogP contribution in [-0.2, 0) is 0 Å². The number of benzene rings is 2. The van der Waals surface area contributed by atoms with Crippen molar-refractivity contribution in [2.75, 3.05) is 31.6 Å². The van der Waals surface area contributed by atoms with Gasteiger partial charge in [0.25, 0.3) is 0 Å². The van der Waals surface area contributed by atoms with E-state index in [-0.39, 0.29) is 0 Å². The topological polar surface area (TPSA) is 37.7 Å². The molecule has 2 aromatic carbocycles. The van der Waals surface area contributed by atoms with E-state index in [2.05, 4.69) is 22.8 Å². The van der Waals surface area contributed by atoms with Gasteiger partial charge in [-0.1, -0.05) is 29.8 Å². The summed E-state index contributed by atoms with van der Waals surface area (Å²) in [5, 5.41) is 8.08. The zero-order valence-electron chi connectivity index (χ0n) is 15.6. The Labute approximate surface area is 171 Å². The van der Waals surface area contributed by atoms with Gasteiger partial charge in [0.05, 0.1) is 26.2 Å². The van der Waals surface area contributed by atoms with Crippen LogP contribution in [0.5, 0.6) is 5.75 Å². The molecule has 1 heterocycles. The van der Waals surface area contributed by atoms with E-state index in [0.29, 0.717) is 17.8 Å². The highest BCUT2D eigenvalue weighted by Gasteiger charge is 2.28. The smallest absolute Gasteiger partial charge is 0.171 e. The van der Waals surface area contributed by atoms with Crippen molar-refractivity contribution in [2.24, 2.45) is 0 Å². The van der Waals surface area contributed by atoms with E-state index in [1.165, 1.54) is 31.5 Å². The Kier molecular flexibility index (Phi) is 7.33. The van der Waals surface area contributed by atoms with Crippen LogP contribution in [0.1, 0.15) is 31.4 Å². The molecule has 1 aliphatic heterocycles. The quantitative estimate of drug-likeness (QED) is 0.618. The summed E-state index contributed by atoms with van der Waals surface area (Å²) in [5.41, 5.74) is 2.13. The number of rotatable bonds is 7. The molecule has 144 valence electrons. The van der Waals surface area contributed by atoms with Gasteiger partial charge < -0.3 is 20.3 Å². The fraction of sp³-hybridized carbons (Fsp3) is 0.381. The molecule has 0 spiro atoms. The second-order valence-corrected chi connectivity index (χ2v) is 7.55. The van der Waals surface area contributed by atoms with Crippen molar-refractivity contribution in [3.8, 4) is 5.75 Å². The number of nitrogens with one attached hydrogen (secondary N) is 3. The molecule has 0 saturated carbocycles. The molecule has 0 aliphatic carbocycles. The zero-order chi connectivity index (χ0) is 19.1. The van der Waals surface area contributed by atoms with Crippen molar-refractivity contribution in [1.29, 1.82) is 0 Å². The summed E-state index contributed by atoms with van der Waals surface area (Å²) in [6.45, 7) is 5.74. The summed E-state index contributed by atoms with van der Waals surface area (Å²) < 4.78 is 5.47. The first-order chi connectivity index (χ1) is 13.2. The van der Waals surface area contributed by atoms with Gasteiger partial charge in [-0.05, 0) is 49.5 Å². The standard InChI is InChI=1S/C21H26ClN3OS/c1-2-26-17-11-9-16(10-12-17)24-21(27)23-15-20(25-13-5-6-14-25)18-7-3-4-8-19(18)22/h3-4,7-12,20H,2,5-6,13-15H2,1H3,(H2,23,24,27)/p+1/t20-/m0/s1. The average Bonchev–Trinajstić information content (AvgIpc) is 3.20. The first kappa shape index (κ1) is 19.9. The molecule has 1 fully saturated rings. The maximum Gasteiger partial charge on any atom is 0.171 e. The van der Waals surface area contributed by atoms with Gasteiger partial charge in [0.2, 0.25) is 0 Å². The predicted molar refractivity (Wildman–Crippen MR) is 116 cm³/mol. The Morgan fingerprint density at radius 3 is 2.52 bits per heavy atom. The van der Waals surface area contributed by atoms with Crippen LogP contribution in [0.3, 0.4) is 0 Å². The second-order valence-electron chi connectivity index (χ2n) is 6.73. The number of anilines is 1. The molecule has 6 heteroatoms. The Morgan fingerprint density at radius 2 is 1.85 bits per heavy atom. The van der Waals surface area contributed by atoms with Crippen LogP contribution in [0.25, 0.3) is 0 Å². The van der Waals surface area contributed by atoms with Crippen LogP contribution in [0.2, 0.25) is 5.02 Å². The van der Waals surface area contributed by atoms with Gasteiger partial charge in [0.1, 0.15) is 11.8 Å². The second kappa shape index (κ2) is 9.93. The third-order valence-corrected chi connectivity index (χ3v) is 5.50. The number of likely N-dealkylation sites (tertiary alicyclic amines) is 1. The first-order valence-electron chi connectivity index (χ1n) is 9.54. The Morgan fingerprint density at radius 1 is 1.15 bits per heavy atom. The Hall–Kier alpha value is -1.82. The fourth-order valence-electron chi connectivity index (χ4n) is 3.58. The minimum absolute atomic E-state index is 0.293. The van der Waals surface area contributed by atoms with Gasteiger partial charge in [-0.15, -0.1) is 0 Å². The van der Waals surface area contributed by atoms with Crippen LogP contribution in [0.15, 0.2) is 48.5 Å². The van der Waals surface area contributed by atoms with Crippen LogP contribution in [0, 0.1) is 0 Å². The SMILES string of the molecule is CCOc1ccc(NC(=S)NC[C@@H](c2ccccc2Cl)[NH+]2CCCC2)cc1. The highest BCUT2D eigenvalue weighted by Crippen LogP contribution is 2.21. The van der Waals surface area contributed by atoms with Gasteiger partial charge in [0.15, 0.2) is 5.11 Å². The summed E-state index contributed by atoms with van der Waals surface area (Å²) in [4.78, 5) is 1.57. The van der Waals surface area contributed by atoms with Gasteiger partial charge in [-0.3, -0.25) is 0 Å². The maximum absolute atomic E-state index is 6.48. The third kappa shape index (κ3) is 5.58. The molecule has 4 nitrogen and oxygen atoms in total. The van der Waals surface area contributed by atoms with Crippen molar-refractivity contribution < 1.29 is 9.64 Å². The number of hydrogen-bond donors (Lipinski definition) is 3. The van der Waals surface area contributed by atoms with E-state index < -0.39 is 0 Å². The normalized spacial score (nSPS) is 15.3. The number of thiocarbonyl (C=S) groups is 1. The van der Waals surface area contributed by atoms with Crippen molar-refractivity contribution in [3.63, 3.8) is 0 Å². The molecule has 27 heavy (non-hydrogen) atoms. The van der Waals surface area contributed by atoms with E-state index in [4.69, 9.17) is 28.6 Å². The van der Waals surface area contributed by atoms with Crippen molar-refractivity contribution >= 4 is 34.6 Å². The summed E-state index contributed by atoms with van der Waals surface area (Å²) in [7, 11) is 0. The molecule has 1 aliphatic rings. The van der Waals surface area contributed by atoms with Crippen LogP contribution in [-0.4, -0.2) is 31.4 Å². The molecular formula is C21H27ClN3OS+. The fourth-order valence-corrected chi connectivity index (χ4v) is 4.05. The molecule has 0 radical (unpaired) electrons. The van der Waals surface area contributed by atoms with E-state index in [0.717, 1.165) is 23.0 Å². The maximum atomic E-state index is 6.48. The molecule has 3 N–H and O–H groups in total. The zero-order valence-corrected chi connectivity index (χ0v) is 17.2. The number of ether oxygens (including phenoxy) is 1. The lowest BCUT2D eigenvalue weighted by atomic mass is 10.1. The lowest BCUT2D eigenvalue weighted by Gasteiger charge is -2.26. The van der Waals surface area contributed by atoms with Gasteiger partial charge in [0, 0.05) is 29.1 Å².